The molecule has 3 heterocycles. The van der Waals surface area contributed by atoms with Crippen LogP contribution in [-0.4, -0.2) is 32.0 Å². The van der Waals surface area contributed by atoms with E-state index in [4.69, 9.17) is 12.2 Å². The average molecular weight is 532 g/mol. The standard InChI is InChI=1S/C29H27F2N5OS/c1-18-17-22(19(2)36(18)21-12-10-20(30)11-13-21)28-27(25-9-5-6-15-32-25)34-29(38)35(28)16-14-26(37)33-24-8-4-3-7-23(24)31/h3-13,15,17,27-28H,14,16H2,1-2H3,(H,33,37)(H,34,38). The second-order valence-corrected chi connectivity index (χ2v) is 9.62. The number of para-hydroxylation sites is 1. The minimum atomic E-state index is -0.486. The molecule has 1 fully saturated rings. The predicted octanol–water partition coefficient (Wildman–Crippen LogP) is 5.77. The van der Waals surface area contributed by atoms with Crippen molar-refractivity contribution in [1.82, 2.24) is 19.8 Å². The number of amides is 1. The van der Waals surface area contributed by atoms with E-state index < -0.39 is 5.82 Å². The predicted molar refractivity (Wildman–Crippen MR) is 147 cm³/mol. The largest absolute Gasteiger partial charge is 0.352 e. The maximum Gasteiger partial charge on any atom is 0.226 e. The summed E-state index contributed by atoms with van der Waals surface area (Å²) in [4.78, 5) is 19.3. The van der Waals surface area contributed by atoms with E-state index in [1.165, 1.54) is 24.3 Å². The van der Waals surface area contributed by atoms with E-state index in [-0.39, 0.29) is 35.9 Å². The number of aryl methyl sites for hydroxylation is 1. The first-order valence-electron chi connectivity index (χ1n) is 12.3. The molecule has 2 unspecified atom stereocenters. The van der Waals surface area contributed by atoms with Gasteiger partial charge in [0.25, 0.3) is 0 Å². The minimum Gasteiger partial charge on any atom is -0.352 e. The molecule has 2 aromatic heterocycles. The Bertz CT molecular complexity index is 1470. The molecule has 38 heavy (non-hydrogen) atoms. The van der Waals surface area contributed by atoms with Gasteiger partial charge in [0.1, 0.15) is 11.6 Å². The molecule has 6 nitrogen and oxygen atoms in total. The van der Waals surface area contributed by atoms with Gasteiger partial charge in [-0.3, -0.25) is 9.78 Å². The molecule has 194 valence electrons. The first-order chi connectivity index (χ1) is 18.3. The molecule has 2 N–H and O–H groups in total. The topological polar surface area (TPSA) is 62.2 Å². The zero-order chi connectivity index (χ0) is 26.8. The third-order valence-electron chi connectivity index (χ3n) is 6.80. The normalized spacial score (nSPS) is 16.9. The molecule has 1 saturated heterocycles. The van der Waals surface area contributed by atoms with Gasteiger partial charge in [0.05, 0.1) is 23.5 Å². The van der Waals surface area contributed by atoms with Gasteiger partial charge in [-0.2, -0.15) is 0 Å². The fraction of sp³-hybridized carbons (Fsp3) is 0.207. The zero-order valence-corrected chi connectivity index (χ0v) is 21.8. The number of thiocarbonyl (C=S) groups is 1. The van der Waals surface area contributed by atoms with Gasteiger partial charge in [-0.05, 0) is 86.2 Å². The van der Waals surface area contributed by atoms with Crippen molar-refractivity contribution in [1.29, 1.82) is 0 Å². The summed E-state index contributed by atoms with van der Waals surface area (Å²) in [5.41, 5.74) is 4.80. The number of hydrogen-bond acceptors (Lipinski definition) is 3. The van der Waals surface area contributed by atoms with Gasteiger partial charge in [-0.15, -0.1) is 0 Å². The van der Waals surface area contributed by atoms with Crippen LogP contribution >= 0.6 is 12.2 Å². The molecule has 4 aromatic rings. The maximum absolute atomic E-state index is 14.0. The van der Waals surface area contributed by atoms with E-state index in [1.54, 1.807) is 30.5 Å². The summed E-state index contributed by atoms with van der Waals surface area (Å²) < 4.78 is 29.7. The molecule has 2 aromatic carbocycles. The van der Waals surface area contributed by atoms with Gasteiger partial charge >= 0.3 is 0 Å². The molecule has 9 heteroatoms. The average Bonchev–Trinajstić information content (AvgIpc) is 3.39. The lowest BCUT2D eigenvalue weighted by molar-refractivity contribution is -0.116. The quantitative estimate of drug-likeness (QED) is 0.297. The zero-order valence-electron chi connectivity index (χ0n) is 21.0. The number of nitrogens with zero attached hydrogens (tertiary/aromatic N) is 3. The van der Waals surface area contributed by atoms with E-state index in [9.17, 15) is 13.6 Å². The van der Waals surface area contributed by atoms with Crippen molar-refractivity contribution in [2.75, 3.05) is 11.9 Å². The van der Waals surface area contributed by atoms with E-state index >= 15 is 0 Å². The van der Waals surface area contributed by atoms with E-state index in [0.717, 1.165) is 28.3 Å². The number of rotatable bonds is 7. The third kappa shape index (κ3) is 5.02. The van der Waals surface area contributed by atoms with Crippen molar-refractivity contribution < 1.29 is 13.6 Å². The Kier molecular flexibility index (Phi) is 7.20. The first-order valence-corrected chi connectivity index (χ1v) is 12.7. The van der Waals surface area contributed by atoms with Crippen LogP contribution in [0.4, 0.5) is 14.5 Å². The molecule has 5 rings (SSSR count). The van der Waals surface area contributed by atoms with Crippen molar-refractivity contribution in [2.24, 2.45) is 0 Å². The van der Waals surface area contributed by atoms with Crippen molar-refractivity contribution in [3.63, 3.8) is 0 Å². The maximum atomic E-state index is 14.0. The van der Waals surface area contributed by atoms with Crippen molar-refractivity contribution in [2.45, 2.75) is 32.4 Å². The molecular weight excluding hydrogens is 504 g/mol. The molecule has 0 radical (unpaired) electrons. The molecule has 1 aliphatic rings. The van der Waals surface area contributed by atoms with E-state index in [0.29, 0.717) is 11.7 Å². The lowest BCUT2D eigenvalue weighted by Gasteiger charge is -2.28. The van der Waals surface area contributed by atoms with Crippen LogP contribution in [0.3, 0.4) is 0 Å². The number of pyridine rings is 1. The number of carbonyl (C=O) groups excluding carboxylic acids is 1. The molecule has 0 saturated carbocycles. The van der Waals surface area contributed by atoms with Crippen LogP contribution in [0.1, 0.15) is 41.1 Å². The van der Waals surface area contributed by atoms with Crippen molar-refractivity contribution >= 4 is 28.9 Å². The molecular formula is C29H27F2N5OS. The monoisotopic (exact) mass is 531 g/mol. The summed E-state index contributed by atoms with van der Waals surface area (Å²) in [6, 6.07) is 19.8. The lowest BCUT2D eigenvalue weighted by atomic mass is 9.96. The second-order valence-electron chi connectivity index (χ2n) is 9.24. The van der Waals surface area contributed by atoms with Gasteiger partial charge in [-0.25, -0.2) is 8.78 Å². The van der Waals surface area contributed by atoms with Crippen LogP contribution in [0.2, 0.25) is 0 Å². The van der Waals surface area contributed by atoms with Crippen molar-refractivity contribution in [3.8, 4) is 5.69 Å². The Morgan fingerprint density at radius 1 is 1.05 bits per heavy atom. The Hall–Kier alpha value is -4.11. The minimum absolute atomic E-state index is 0.109. The molecule has 2 atom stereocenters. The Labute approximate surface area is 225 Å². The summed E-state index contributed by atoms with van der Waals surface area (Å²) in [5, 5.41) is 6.55. The summed E-state index contributed by atoms with van der Waals surface area (Å²) in [7, 11) is 0. The molecule has 0 spiro atoms. The number of nitrogens with one attached hydrogen (secondary N) is 2. The van der Waals surface area contributed by atoms with Gasteiger partial charge in [-0.1, -0.05) is 18.2 Å². The van der Waals surface area contributed by atoms with Crippen LogP contribution in [0.15, 0.2) is 79.0 Å². The highest BCUT2D eigenvalue weighted by molar-refractivity contribution is 7.80. The van der Waals surface area contributed by atoms with Crippen LogP contribution in [-0.2, 0) is 4.79 Å². The highest BCUT2D eigenvalue weighted by Crippen LogP contribution is 2.41. The lowest BCUT2D eigenvalue weighted by Crippen LogP contribution is -2.33. The molecule has 0 bridgehead atoms. The summed E-state index contributed by atoms with van der Waals surface area (Å²) in [6.07, 6.45) is 1.85. The van der Waals surface area contributed by atoms with Gasteiger partial charge in [0, 0.05) is 36.2 Å². The number of hydrogen-bond donors (Lipinski definition) is 2. The van der Waals surface area contributed by atoms with E-state index in [2.05, 4.69) is 26.3 Å². The van der Waals surface area contributed by atoms with Gasteiger partial charge in [0.2, 0.25) is 5.91 Å². The summed E-state index contributed by atoms with van der Waals surface area (Å²) in [5.74, 6) is -1.09. The highest BCUT2D eigenvalue weighted by atomic mass is 32.1. The third-order valence-corrected chi connectivity index (χ3v) is 7.15. The van der Waals surface area contributed by atoms with Gasteiger partial charge in [0.15, 0.2) is 5.11 Å². The number of benzene rings is 2. The number of halogens is 2. The fourth-order valence-electron chi connectivity index (χ4n) is 5.06. The summed E-state index contributed by atoms with van der Waals surface area (Å²) in [6.45, 7) is 4.34. The SMILES string of the molecule is Cc1cc(C2C(c3ccccn3)NC(=S)N2CCC(=O)Nc2ccccc2F)c(C)n1-c1ccc(F)cc1. The molecule has 0 aliphatic carbocycles. The summed E-state index contributed by atoms with van der Waals surface area (Å²) >= 11 is 5.73. The van der Waals surface area contributed by atoms with Crippen molar-refractivity contribution in [3.05, 3.63) is 113 Å². The Balaban J connectivity index is 1.47. The smallest absolute Gasteiger partial charge is 0.226 e. The van der Waals surface area contributed by atoms with Crippen LogP contribution < -0.4 is 10.6 Å². The second kappa shape index (κ2) is 10.7. The van der Waals surface area contributed by atoms with Crippen LogP contribution in [0.25, 0.3) is 5.69 Å². The fourth-order valence-corrected chi connectivity index (χ4v) is 5.39. The van der Waals surface area contributed by atoms with Gasteiger partial charge < -0.3 is 20.1 Å². The van der Waals surface area contributed by atoms with Crippen LogP contribution in [0.5, 0.6) is 0 Å². The van der Waals surface area contributed by atoms with Crippen LogP contribution in [0, 0.1) is 25.5 Å². The Morgan fingerprint density at radius 3 is 2.50 bits per heavy atom. The number of carbonyl (C=O) groups is 1. The Morgan fingerprint density at radius 2 is 1.79 bits per heavy atom. The number of aromatic nitrogens is 2. The van der Waals surface area contributed by atoms with E-state index in [1.807, 2.05) is 36.9 Å². The first kappa shape index (κ1) is 25.5. The highest BCUT2D eigenvalue weighted by Gasteiger charge is 2.41. The molecule has 1 aliphatic heterocycles. The number of anilines is 1. The molecule has 1 amide bonds.